The summed E-state index contributed by atoms with van der Waals surface area (Å²) in [7, 11) is 0. The number of nitrogens with one attached hydrogen (secondary N) is 2. The Hall–Kier alpha value is -1.72. The number of carbonyl (C=O) groups is 2. The lowest BCUT2D eigenvalue weighted by atomic mass is 9.89. The van der Waals surface area contributed by atoms with Gasteiger partial charge in [0.2, 0.25) is 5.91 Å². The van der Waals surface area contributed by atoms with Crippen LogP contribution in [0.3, 0.4) is 0 Å². The number of amides is 2. The van der Waals surface area contributed by atoms with Crippen LogP contribution in [0.25, 0.3) is 0 Å². The van der Waals surface area contributed by atoms with Gasteiger partial charge in [0, 0.05) is 5.71 Å². The Balaban J connectivity index is 0.000000306. The highest BCUT2D eigenvalue weighted by atomic mass is 16.2. The summed E-state index contributed by atoms with van der Waals surface area (Å²) in [4.78, 5) is 21.4. The first kappa shape index (κ1) is 16.3. The lowest BCUT2D eigenvalue weighted by Crippen LogP contribution is -2.30. The fourth-order valence-electron chi connectivity index (χ4n) is 1.11. The van der Waals surface area contributed by atoms with Crippen molar-refractivity contribution < 1.29 is 9.59 Å². The summed E-state index contributed by atoms with van der Waals surface area (Å²) in [6.07, 6.45) is 0. The molecule has 0 aromatic rings. The van der Waals surface area contributed by atoms with E-state index in [1.165, 1.54) is 0 Å². The summed E-state index contributed by atoms with van der Waals surface area (Å²) in [5.41, 5.74) is 6.11. The van der Waals surface area contributed by atoms with Gasteiger partial charge in [-0.2, -0.15) is 10.2 Å². The molecule has 2 aliphatic heterocycles. The van der Waals surface area contributed by atoms with Crippen LogP contribution in [0.15, 0.2) is 10.2 Å². The molecule has 2 N–H and O–H groups in total. The van der Waals surface area contributed by atoms with E-state index in [1.54, 1.807) is 0 Å². The van der Waals surface area contributed by atoms with Crippen molar-refractivity contribution in [1.82, 2.24) is 10.9 Å². The molecule has 0 spiro atoms. The van der Waals surface area contributed by atoms with E-state index in [1.807, 2.05) is 34.6 Å². The molecule has 1 unspecified atom stereocenters. The standard InChI is InChI=1S/C6H10N2O.C5H8N2O.CH4/c1-4-6(2,3)5(9)8-7-4;1-3-4(2)6-7-5(3)8;/h1-3H3,(H,8,9);3H,1-2H3,(H,7,8);1H4. The second-order valence-corrected chi connectivity index (χ2v) is 4.71. The predicted octanol–water partition coefficient (Wildman–Crippen LogP) is 1.28. The zero-order chi connectivity index (χ0) is 13.2. The minimum atomic E-state index is -0.389. The van der Waals surface area contributed by atoms with Crippen LogP contribution in [0.5, 0.6) is 0 Å². The lowest BCUT2D eigenvalue weighted by molar-refractivity contribution is -0.125. The highest BCUT2D eigenvalue weighted by Gasteiger charge is 2.35. The molecule has 18 heavy (non-hydrogen) atoms. The van der Waals surface area contributed by atoms with Crippen LogP contribution < -0.4 is 10.9 Å². The Kier molecular flexibility index (Phi) is 5.20. The van der Waals surface area contributed by atoms with E-state index < -0.39 is 0 Å². The van der Waals surface area contributed by atoms with Crippen LogP contribution in [0.4, 0.5) is 0 Å². The Morgan fingerprint density at radius 2 is 1.67 bits per heavy atom. The number of nitrogens with zero attached hydrogens (tertiary/aromatic N) is 2. The third kappa shape index (κ3) is 3.15. The van der Waals surface area contributed by atoms with Crippen LogP contribution in [-0.4, -0.2) is 23.2 Å². The van der Waals surface area contributed by atoms with Crippen molar-refractivity contribution in [1.29, 1.82) is 0 Å². The first-order chi connectivity index (χ1) is 7.76. The zero-order valence-corrected chi connectivity index (χ0v) is 10.8. The van der Waals surface area contributed by atoms with Crippen LogP contribution in [0.1, 0.15) is 42.0 Å². The summed E-state index contributed by atoms with van der Waals surface area (Å²) < 4.78 is 0. The van der Waals surface area contributed by atoms with Gasteiger partial charge in [0.05, 0.1) is 17.0 Å². The fraction of sp³-hybridized carbons (Fsp3) is 0.667. The van der Waals surface area contributed by atoms with Gasteiger partial charge in [0.1, 0.15) is 0 Å². The smallest absolute Gasteiger partial charge is 0.251 e. The van der Waals surface area contributed by atoms with Crippen molar-refractivity contribution in [3.8, 4) is 0 Å². The molecule has 0 saturated carbocycles. The average Bonchev–Trinajstić information content (AvgIpc) is 2.68. The molecule has 0 fully saturated rings. The number of hydrogen-bond acceptors (Lipinski definition) is 4. The van der Waals surface area contributed by atoms with Gasteiger partial charge >= 0.3 is 0 Å². The fourth-order valence-corrected chi connectivity index (χ4v) is 1.11. The molecule has 6 heteroatoms. The number of rotatable bonds is 0. The van der Waals surface area contributed by atoms with E-state index >= 15 is 0 Å². The van der Waals surface area contributed by atoms with Crippen molar-refractivity contribution in [3.63, 3.8) is 0 Å². The maximum atomic E-state index is 10.9. The second kappa shape index (κ2) is 5.75. The normalized spacial score (nSPS) is 23.9. The SMILES string of the molecule is C.CC1=NNC(=O)C1(C)C.CC1=NNC(=O)C1C. The van der Waals surface area contributed by atoms with Crippen LogP contribution >= 0.6 is 0 Å². The van der Waals surface area contributed by atoms with Gasteiger partial charge in [0.25, 0.3) is 5.91 Å². The maximum absolute atomic E-state index is 10.9. The molecule has 2 heterocycles. The first-order valence-corrected chi connectivity index (χ1v) is 5.46. The third-order valence-corrected chi connectivity index (χ3v) is 3.16. The Morgan fingerprint density at radius 1 is 1.11 bits per heavy atom. The van der Waals surface area contributed by atoms with Gasteiger partial charge in [0.15, 0.2) is 0 Å². The summed E-state index contributed by atoms with van der Waals surface area (Å²) in [6, 6.07) is 0. The van der Waals surface area contributed by atoms with E-state index in [4.69, 9.17) is 0 Å². The third-order valence-electron chi connectivity index (χ3n) is 3.16. The van der Waals surface area contributed by atoms with Gasteiger partial charge in [-0.1, -0.05) is 7.43 Å². The summed E-state index contributed by atoms with van der Waals surface area (Å²) in [5.74, 6) is -0.0301. The number of hydrogen-bond donors (Lipinski definition) is 2. The molecule has 2 amide bonds. The van der Waals surface area contributed by atoms with Crippen molar-refractivity contribution in [2.45, 2.75) is 42.0 Å². The maximum Gasteiger partial charge on any atom is 0.251 e. The molecular formula is C12H22N4O2. The van der Waals surface area contributed by atoms with Crippen molar-refractivity contribution in [2.75, 3.05) is 0 Å². The number of hydrazone groups is 2. The highest BCUT2D eigenvalue weighted by Crippen LogP contribution is 2.21. The Bertz CT molecular complexity index is 410. The second-order valence-electron chi connectivity index (χ2n) is 4.71. The monoisotopic (exact) mass is 254 g/mol. The first-order valence-electron chi connectivity index (χ1n) is 5.46. The number of carbonyl (C=O) groups excluding carboxylic acids is 2. The minimum absolute atomic E-state index is 0. The highest BCUT2D eigenvalue weighted by molar-refractivity contribution is 6.10. The molecule has 0 aromatic carbocycles. The molecule has 2 aliphatic rings. The molecule has 0 radical (unpaired) electrons. The van der Waals surface area contributed by atoms with Gasteiger partial charge in [-0.05, 0) is 34.6 Å². The zero-order valence-electron chi connectivity index (χ0n) is 10.8. The molecular weight excluding hydrogens is 232 g/mol. The summed E-state index contributed by atoms with van der Waals surface area (Å²) >= 11 is 0. The quantitative estimate of drug-likeness (QED) is 0.682. The molecule has 0 bridgehead atoms. The van der Waals surface area contributed by atoms with Gasteiger partial charge in [-0.3, -0.25) is 9.59 Å². The van der Waals surface area contributed by atoms with Crippen LogP contribution in [0.2, 0.25) is 0 Å². The van der Waals surface area contributed by atoms with Gasteiger partial charge < -0.3 is 0 Å². The largest absolute Gasteiger partial charge is 0.272 e. The van der Waals surface area contributed by atoms with Crippen molar-refractivity contribution >= 4 is 23.2 Å². The van der Waals surface area contributed by atoms with Crippen LogP contribution in [0, 0.1) is 11.3 Å². The van der Waals surface area contributed by atoms with Crippen molar-refractivity contribution in [3.05, 3.63) is 0 Å². The van der Waals surface area contributed by atoms with Gasteiger partial charge in [-0.25, -0.2) is 10.9 Å². The van der Waals surface area contributed by atoms with Crippen LogP contribution in [-0.2, 0) is 9.59 Å². The Morgan fingerprint density at radius 3 is 1.78 bits per heavy atom. The summed E-state index contributed by atoms with van der Waals surface area (Å²) in [6.45, 7) is 9.23. The molecule has 2 rings (SSSR count). The average molecular weight is 254 g/mol. The van der Waals surface area contributed by atoms with E-state index in [2.05, 4.69) is 21.1 Å². The topological polar surface area (TPSA) is 82.9 Å². The molecule has 0 aliphatic carbocycles. The van der Waals surface area contributed by atoms with E-state index in [0.29, 0.717) is 0 Å². The van der Waals surface area contributed by atoms with Gasteiger partial charge in [-0.15, -0.1) is 0 Å². The lowest BCUT2D eigenvalue weighted by Gasteiger charge is -2.12. The van der Waals surface area contributed by atoms with E-state index in [-0.39, 0.29) is 30.6 Å². The van der Waals surface area contributed by atoms with E-state index in [0.717, 1.165) is 11.4 Å². The molecule has 1 atom stereocenters. The Labute approximate surface area is 108 Å². The molecule has 102 valence electrons. The molecule has 0 aromatic heterocycles. The van der Waals surface area contributed by atoms with E-state index in [9.17, 15) is 9.59 Å². The minimum Gasteiger partial charge on any atom is -0.272 e. The molecule has 6 nitrogen and oxygen atoms in total. The van der Waals surface area contributed by atoms with Crippen molar-refractivity contribution in [2.24, 2.45) is 21.5 Å². The molecule has 0 saturated heterocycles. The summed E-state index contributed by atoms with van der Waals surface area (Å²) in [5, 5.41) is 7.50. The predicted molar refractivity (Wildman–Crippen MR) is 72.2 cm³/mol.